The summed E-state index contributed by atoms with van der Waals surface area (Å²) in [4.78, 5) is 5.84. The predicted molar refractivity (Wildman–Crippen MR) is 106 cm³/mol. The molecule has 0 bridgehead atoms. The van der Waals surface area contributed by atoms with Gasteiger partial charge in [0.1, 0.15) is 12.4 Å². The van der Waals surface area contributed by atoms with Crippen LogP contribution in [0.25, 0.3) is 0 Å². The van der Waals surface area contributed by atoms with Crippen LogP contribution in [0.1, 0.15) is 16.4 Å². The van der Waals surface area contributed by atoms with Gasteiger partial charge >= 0.3 is 0 Å². The summed E-state index contributed by atoms with van der Waals surface area (Å²) in [6, 6.07) is 19.4. The first-order valence-corrected chi connectivity index (χ1v) is 10.8. The quantitative estimate of drug-likeness (QED) is 0.597. The van der Waals surface area contributed by atoms with E-state index in [1.54, 1.807) is 24.2 Å². The number of rotatable bonds is 5. The summed E-state index contributed by atoms with van der Waals surface area (Å²) < 4.78 is 26.4. The van der Waals surface area contributed by atoms with E-state index in [1.807, 2.05) is 60.7 Å². The fourth-order valence-electron chi connectivity index (χ4n) is 2.96. The van der Waals surface area contributed by atoms with Crippen molar-refractivity contribution in [2.75, 3.05) is 5.75 Å². The van der Waals surface area contributed by atoms with E-state index >= 15 is 0 Å². The molecule has 0 spiro atoms. The number of fused-ring (bicyclic) bond motifs is 1. The van der Waals surface area contributed by atoms with Crippen LogP contribution in [0.2, 0.25) is 0 Å². The second-order valence-electron chi connectivity index (χ2n) is 6.10. The molecule has 2 N–H and O–H groups in total. The van der Waals surface area contributed by atoms with Crippen LogP contribution < -0.4 is 4.74 Å². The average molecular weight is 386 g/mol. The van der Waals surface area contributed by atoms with Gasteiger partial charge in [-0.15, -0.1) is 11.8 Å². The molecule has 1 atom stereocenters. The molecule has 0 fully saturated rings. The minimum Gasteiger partial charge on any atom is -0.489 e. The van der Waals surface area contributed by atoms with Crippen LogP contribution in [-0.2, 0) is 6.61 Å². The molecule has 3 aromatic rings. The lowest BCUT2D eigenvalue weighted by atomic mass is 10.2. The summed E-state index contributed by atoms with van der Waals surface area (Å²) in [6.07, 6.45) is 3.53. The molecule has 6 heteroatoms. The monoisotopic (exact) mass is 385 g/mol. The number of hydrogen-bond donors (Lipinski definition) is 2. The number of hydrogen-bond acceptors (Lipinski definition) is 5. The van der Waals surface area contributed by atoms with E-state index < -0.39 is 10.6 Å². The number of benzene rings is 2. The minimum atomic E-state index is -2.67. The fraction of sp³-hybridized carbons (Fsp3) is 0.150. The first-order valence-electron chi connectivity index (χ1n) is 8.25. The lowest BCUT2D eigenvalue weighted by Crippen LogP contribution is -1.98. The van der Waals surface area contributed by atoms with Gasteiger partial charge in [-0.25, -0.2) is 0 Å². The average Bonchev–Trinajstić information content (AvgIpc) is 2.93. The zero-order valence-electron chi connectivity index (χ0n) is 14.0. The molecule has 0 amide bonds. The molecule has 4 nitrogen and oxygen atoms in total. The molecule has 0 radical (unpaired) electrons. The lowest BCUT2D eigenvalue weighted by molar-refractivity contribution is 0.305. The first kappa shape index (κ1) is 17.4. The van der Waals surface area contributed by atoms with Crippen molar-refractivity contribution in [2.45, 2.75) is 21.6 Å². The summed E-state index contributed by atoms with van der Waals surface area (Å²) in [5.41, 5.74) is 2.05. The van der Waals surface area contributed by atoms with E-state index in [-0.39, 0.29) is 5.25 Å². The van der Waals surface area contributed by atoms with Crippen molar-refractivity contribution in [3.05, 3.63) is 84.2 Å². The highest BCUT2D eigenvalue weighted by atomic mass is 32.3. The molecule has 1 aromatic heterocycles. The van der Waals surface area contributed by atoms with Crippen molar-refractivity contribution < 1.29 is 13.8 Å². The van der Waals surface area contributed by atoms with Crippen molar-refractivity contribution in [3.8, 4) is 5.75 Å². The maximum absolute atomic E-state index is 10.3. The summed E-state index contributed by atoms with van der Waals surface area (Å²) >= 11 is 1.65. The van der Waals surface area contributed by atoms with Crippen LogP contribution >= 0.6 is 22.4 Å². The third-order valence-corrected chi connectivity index (χ3v) is 7.57. The van der Waals surface area contributed by atoms with E-state index in [1.165, 1.54) is 0 Å². The molecule has 1 aliphatic rings. The third-order valence-electron chi connectivity index (χ3n) is 4.23. The Kier molecular flexibility index (Phi) is 4.91. The highest BCUT2D eigenvalue weighted by Gasteiger charge is 2.35. The summed E-state index contributed by atoms with van der Waals surface area (Å²) in [5.74, 6) is 1.17. The second kappa shape index (κ2) is 7.32. The van der Waals surface area contributed by atoms with Crippen LogP contribution in [0.3, 0.4) is 0 Å². The van der Waals surface area contributed by atoms with Gasteiger partial charge in [0.05, 0.1) is 15.9 Å². The molecule has 134 valence electrons. The van der Waals surface area contributed by atoms with Gasteiger partial charge in [-0.2, -0.15) is 10.6 Å². The van der Waals surface area contributed by atoms with Crippen molar-refractivity contribution in [3.63, 3.8) is 0 Å². The molecule has 0 aliphatic carbocycles. The topological polar surface area (TPSA) is 62.6 Å². The predicted octanol–water partition coefficient (Wildman–Crippen LogP) is 5.62. The van der Waals surface area contributed by atoms with Gasteiger partial charge in [0, 0.05) is 22.9 Å². The molecule has 26 heavy (non-hydrogen) atoms. The standard InChI is InChI=1S/C20H19NO3S2/c22-26(23)14-19(18-5-1-2-6-20(18)26)25-17-9-7-16(8-10-17)24-13-15-4-3-11-21-12-15/h1-12,19,22-23H,13-14H2. The molecule has 4 rings (SSSR count). The van der Waals surface area contributed by atoms with Crippen LogP contribution in [0.5, 0.6) is 5.75 Å². The molecular formula is C20H19NO3S2. The smallest absolute Gasteiger partial charge is 0.119 e. The SMILES string of the molecule is OS1(O)CC(Sc2ccc(OCc3cccnc3)cc2)c2ccccc21. The molecule has 0 saturated heterocycles. The summed E-state index contributed by atoms with van der Waals surface area (Å²) in [5, 5.41) is 0.0540. The van der Waals surface area contributed by atoms with Gasteiger partial charge in [-0.3, -0.25) is 14.1 Å². The Bertz CT molecular complexity index is 885. The van der Waals surface area contributed by atoms with Crippen LogP contribution in [0.4, 0.5) is 0 Å². The Morgan fingerprint density at radius 1 is 1.04 bits per heavy atom. The van der Waals surface area contributed by atoms with Gasteiger partial charge in [0.15, 0.2) is 0 Å². The number of pyridine rings is 1. The van der Waals surface area contributed by atoms with Gasteiger partial charge in [0.2, 0.25) is 0 Å². The normalized spacial score (nSPS) is 18.9. The maximum Gasteiger partial charge on any atom is 0.119 e. The first-order chi connectivity index (χ1) is 12.6. The number of thioether (sulfide) groups is 1. The Morgan fingerprint density at radius 2 is 1.85 bits per heavy atom. The number of nitrogens with zero attached hydrogens (tertiary/aromatic N) is 1. The fourth-order valence-corrected chi connectivity index (χ4v) is 6.50. The van der Waals surface area contributed by atoms with Crippen molar-refractivity contribution >= 4 is 22.4 Å². The molecule has 1 unspecified atom stereocenters. The summed E-state index contributed by atoms with van der Waals surface area (Å²) in [6.45, 7) is 0.483. The van der Waals surface area contributed by atoms with E-state index in [9.17, 15) is 9.11 Å². The molecular weight excluding hydrogens is 366 g/mol. The Labute approximate surface area is 158 Å². The number of ether oxygens (including phenoxy) is 1. The van der Waals surface area contributed by atoms with Gasteiger partial charge in [-0.1, -0.05) is 24.3 Å². The third kappa shape index (κ3) is 3.73. The lowest BCUT2D eigenvalue weighted by Gasteiger charge is -2.27. The zero-order valence-corrected chi connectivity index (χ0v) is 15.6. The zero-order chi connectivity index (χ0) is 18.0. The van der Waals surface area contributed by atoms with Crippen LogP contribution in [0.15, 0.2) is 82.8 Å². The molecule has 0 saturated carbocycles. The van der Waals surface area contributed by atoms with E-state index in [4.69, 9.17) is 4.74 Å². The Hall–Kier alpha value is -1.99. The van der Waals surface area contributed by atoms with E-state index in [0.29, 0.717) is 17.3 Å². The van der Waals surface area contributed by atoms with E-state index in [0.717, 1.165) is 21.8 Å². The molecule has 2 aromatic carbocycles. The van der Waals surface area contributed by atoms with Crippen molar-refractivity contribution in [1.82, 2.24) is 4.98 Å². The van der Waals surface area contributed by atoms with Crippen molar-refractivity contribution in [2.24, 2.45) is 0 Å². The Balaban J connectivity index is 1.42. The number of aromatic nitrogens is 1. The highest BCUT2D eigenvalue weighted by molar-refractivity contribution is 8.25. The molecule has 2 heterocycles. The van der Waals surface area contributed by atoms with E-state index in [2.05, 4.69) is 4.98 Å². The largest absolute Gasteiger partial charge is 0.489 e. The maximum atomic E-state index is 10.3. The Morgan fingerprint density at radius 3 is 2.62 bits per heavy atom. The summed E-state index contributed by atoms with van der Waals surface area (Å²) in [7, 11) is -2.67. The van der Waals surface area contributed by atoms with Crippen LogP contribution in [0, 0.1) is 0 Å². The second-order valence-corrected chi connectivity index (χ2v) is 9.48. The minimum absolute atomic E-state index is 0.0540. The molecule has 1 aliphatic heterocycles. The van der Waals surface area contributed by atoms with Gasteiger partial charge in [0.25, 0.3) is 0 Å². The van der Waals surface area contributed by atoms with Crippen molar-refractivity contribution in [1.29, 1.82) is 0 Å². The van der Waals surface area contributed by atoms with Gasteiger partial charge < -0.3 is 4.74 Å². The van der Waals surface area contributed by atoms with Gasteiger partial charge in [-0.05, 0) is 42.0 Å². The highest BCUT2D eigenvalue weighted by Crippen LogP contribution is 2.62. The van der Waals surface area contributed by atoms with Crippen LogP contribution in [-0.4, -0.2) is 19.8 Å².